The molecule has 0 bridgehead atoms. The molecule has 4 N–H and O–H groups in total. The Morgan fingerprint density at radius 3 is 2.25 bits per heavy atom. The molecule has 0 spiro atoms. The van der Waals surface area contributed by atoms with Gasteiger partial charge in [0.25, 0.3) is 0 Å². The van der Waals surface area contributed by atoms with Crippen LogP contribution in [-0.2, 0) is 23.1 Å². The Bertz CT molecular complexity index is 593. The van der Waals surface area contributed by atoms with Crippen LogP contribution in [0.5, 0.6) is 0 Å². The van der Waals surface area contributed by atoms with Gasteiger partial charge in [-0.2, -0.15) is 0 Å². The minimum absolute atomic E-state index is 0.0675. The fourth-order valence-corrected chi connectivity index (χ4v) is 3.41. The number of carbonyl (C=O) groups is 1. The molecular weight excluding hydrogens is 433 g/mol. The first kappa shape index (κ1) is 30.7. The predicted octanol–water partition coefficient (Wildman–Crippen LogP) is 4.57. The standard InChI is InChI=1S/C23H42NO7P/c1-2-3-4-5-6-7-8-9-10-11-12-13-14-15-16-17-23(26)31-22(20-25)21-30-32(27,28)29-19-18-24/h3-4,6-7,9-10,22,25H,2,5,8,11-21,24H2,1H3,(H,27,28). The smallest absolute Gasteiger partial charge is 0.457 e. The average Bonchev–Trinajstić information content (AvgIpc) is 2.77. The zero-order valence-electron chi connectivity index (χ0n) is 19.4. The van der Waals surface area contributed by atoms with Crippen molar-refractivity contribution in [3.05, 3.63) is 36.5 Å². The Balaban J connectivity index is 3.72. The Morgan fingerprint density at radius 1 is 0.969 bits per heavy atom. The topological polar surface area (TPSA) is 128 Å². The molecule has 2 atom stereocenters. The van der Waals surface area contributed by atoms with Crippen LogP contribution in [0.3, 0.4) is 0 Å². The number of ether oxygens (including phenoxy) is 1. The number of allylic oxidation sites excluding steroid dienone is 6. The highest BCUT2D eigenvalue weighted by molar-refractivity contribution is 7.47. The lowest BCUT2D eigenvalue weighted by Gasteiger charge is -2.17. The molecular formula is C23H42NO7P. The molecule has 0 saturated heterocycles. The molecule has 186 valence electrons. The van der Waals surface area contributed by atoms with Crippen molar-refractivity contribution in [3.63, 3.8) is 0 Å². The highest BCUT2D eigenvalue weighted by Crippen LogP contribution is 2.42. The van der Waals surface area contributed by atoms with Crippen LogP contribution in [0, 0.1) is 0 Å². The van der Waals surface area contributed by atoms with E-state index in [0.717, 1.165) is 51.4 Å². The molecule has 0 amide bonds. The lowest BCUT2D eigenvalue weighted by molar-refractivity contribution is -0.153. The van der Waals surface area contributed by atoms with E-state index in [1.165, 1.54) is 0 Å². The molecule has 0 aromatic carbocycles. The molecule has 0 fully saturated rings. The van der Waals surface area contributed by atoms with Crippen LogP contribution in [0.2, 0.25) is 0 Å². The maximum Gasteiger partial charge on any atom is 0.472 e. The average molecular weight is 476 g/mol. The molecule has 0 heterocycles. The molecule has 0 rings (SSSR count). The first-order valence-corrected chi connectivity index (χ1v) is 13.0. The second-order valence-corrected chi connectivity index (χ2v) is 8.73. The van der Waals surface area contributed by atoms with Crippen molar-refractivity contribution in [3.8, 4) is 0 Å². The monoisotopic (exact) mass is 475 g/mol. The lowest BCUT2D eigenvalue weighted by atomic mass is 10.1. The molecule has 0 aliphatic carbocycles. The maximum absolute atomic E-state index is 11.9. The summed E-state index contributed by atoms with van der Waals surface area (Å²) in [4.78, 5) is 21.3. The minimum atomic E-state index is -4.27. The van der Waals surface area contributed by atoms with Gasteiger partial charge in [-0.05, 0) is 38.5 Å². The molecule has 0 radical (unpaired) electrons. The molecule has 0 saturated carbocycles. The van der Waals surface area contributed by atoms with E-state index in [0.29, 0.717) is 6.42 Å². The third-order valence-corrected chi connectivity index (χ3v) is 5.31. The summed E-state index contributed by atoms with van der Waals surface area (Å²) in [5.74, 6) is -0.468. The summed E-state index contributed by atoms with van der Waals surface area (Å²) in [6.07, 6.45) is 21.4. The van der Waals surface area contributed by atoms with E-state index >= 15 is 0 Å². The normalized spacial score (nSPS) is 15.0. The first-order valence-electron chi connectivity index (χ1n) is 11.5. The van der Waals surface area contributed by atoms with Gasteiger partial charge < -0.3 is 20.5 Å². The van der Waals surface area contributed by atoms with Gasteiger partial charge in [-0.15, -0.1) is 0 Å². The number of aliphatic hydroxyl groups excluding tert-OH is 1. The zero-order valence-corrected chi connectivity index (χ0v) is 20.3. The number of nitrogens with two attached hydrogens (primary N) is 1. The highest BCUT2D eigenvalue weighted by Gasteiger charge is 2.24. The number of hydrogen-bond acceptors (Lipinski definition) is 7. The van der Waals surface area contributed by atoms with Crippen molar-refractivity contribution < 1.29 is 33.1 Å². The van der Waals surface area contributed by atoms with Crippen LogP contribution in [0.15, 0.2) is 36.5 Å². The largest absolute Gasteiger partial charge is 0.472 e. The van der Waals surface area contributed by atoms with Crippen molar-refractivity contribution in [1.29, 1.82) is 0 Å². The lowest BCUT2D eigenvalue weighted by Crippen LogP contribution is -2.27. The third-order valence-electron chi connectivity index (χ3n) is 4.33. The van der Waals surface area contributed by atoms with E-state index in [1.54, 1.807) is 0 Å². The van der Waals surface area contributed by atoms with Gasteiger partial charge in [0.2, 0.25) is 0 Å². The van der Waals surface area contributed by atoms with E-state index in [4.69, 9.17) is 15.0 Å². The highest BCUT2D eigenvalue weighted by atomic mass is 31.2. The second-order valence-electron chi connectivity index (χ2n) is 7.28. The number of rotatable bonds is 21. The number of aliphatic hydroxyl groups is 1. The van der Waals surface area contributed by atoms with E-state index in [2.05, 4.69) is 47.9 Å². The van der Waals surface area contributed by atoms with E-state index < -0.39 is 33.1 Å². The Labute approximate surface area is 193 Å². The van der Waals surface area contributed by atoms with Crippen LogP contribution in [0.25, 0.3) is 0 Å². The molecule has 0 aromatic rings. The van der Waals surface area contributed by atoms with Crippen LogP contribution < -0.4 is 5.73 Å². The summed E-state index contributed by atoms with van der Waals surface area (Å²) in [5, 5.41) is 9.25. The summed E-state index contributed by atoms with van der Waals surface area (Å²) >= 11 is 0. The van der Waals surface area contributed by atoms with Gasteiger partial charge in [0.15, 0.2) is 0 Å². The fourth-order valence-electron chi connectivity index (χ4n) is 2.64. The molecule has 8 nitrogen and oxygen atoms in total. The predicted molar refractivity (Wildman–Crippen MR) is 127 cm³/mol. The van der Waals surface area contributed by atoms with Crippen LogP contribution in [0.4, 0.5) is 0 Å². The Kier molecular flexibility index (Phi) is 20.7. The third kappa shape index (κ3) is 20.6. The van der Waals surface area contributed by atoms with Crippen molar-refractivity contribution in [1.82, 2.24) is 0 Å². The first-order chi connectivity index (χ1) is 15.4. The second kappa shape index (κ2) is 21.6. The van der Waals surface area contributed by atoms with Crippen LogP contribution in [-0.4, -0.2) is 48.4 Å². The molecule has 0 aliphatic rings. The summed E-state index contributed by atoms with van der Waals surface area (Å²) < 4.78 is 25.9. The number of unbranched alkanes of at least 4 members (excludes halogenated alkanes) is 5. The number of carbonyl (C=O) groups excluding carboxylic acids is 1. The molecule has 0 aromatic heterocycles. The fraction of sp³-hybridized carbons (Fsp3) is 0.696. The van der Waals surface area contributed by atoms with Gasteiger partial charge in [0, 0.05) is 13.0 Å². The van der Waals surface area contributed by atoms with Gasteiger partial charge in [0.05, 0.1) is 19.8 Å². The van der Waals surface area contributed by atoms with Gasteiger partial charge in [0.1, 0.15) is 6.10 Å². The van der Waals surface area contributed by atoms with Crippen LogP contribution in [0.1, 0.15) is 71.1 Å². The summed E-state index contributed by atoms with van der Waals surface area (Å²) in [6.45, 7) is 1.12. The number of hydrogen-bond donors (Lipinski definition) is 3. The summed E-state index contributed by atoms with van der Waals surface area (Å²) in [6, 6.07) is 0. The zero-order chi connectivity index (χ0) is 23.9. The summed E-state index contributed by atoms with van der Waals surface area (Å²) in [7, 11) is -4.27. The van der Waals surface area contributed by atoms with Crippen molar-refractivity contribution >= 4 is 13.8 Å². The molecule has 0 aliphatic heterocycles. The minimum Gasteiger partial charge on any atom is -0.457 e. The van der Waals surface area contributed by atoms with Gasteiger partial charge in [-0.25, -0.2) is 4.57 Å². The summed E-state index contributed by atoms with van der Waals surface area (Å²) in [5.41, 5.74) is 5.18. The Morgan fingerprint density at radius 2 is 1.59 bits per heavy atom. The Hall–Kier alpha value is -1.28. The molecule has 32 heavy (non-hydrogen) atoms. The molecule has 9 heteroatoms. The van der Waals surface area contributed by atoms with Gasteiger partial charge in [-0.1, -0.05) is 62.6 Å². The van der Waals surface area contributed by atoms with Gasteiger partial charge in [-0.3, -0.25) is 13.8 Å². The number of phosphoric ester groups is 1. The number of esters is 1. The number of phosphoric acid groups is 1. The van der Waals surface area contributed by atoms with Crippen molar-refractivity contribution in [2.75, 3.05) is 26.4 Å². The molecule has 2 unspecified atom stereocenters. The maximum atomic E-state index is 11.9. The SMILES string of the molecule is CCC=CCC=CCC=CCCCCCCCC(=O)OC(CO)COP(=O)(O)OCCN. The van der Waals surface area contributed by atoms with Crippen molar-refractivity contribution in [2.24, 2.45) is 5.73 Å². The van der Waals surface area contributed by atoms with Crippen LogP contribution >= 0.6 is 7.82 Å². The van der Waals surface area contributed by atoms with Crippen molar-refractivity contribution in [2.45, 2.75) is 77.2 Å². The van der Waals surface area contributed by atoms with Gasteiger partial charge >= 0.3 is 13.8 Å². The van der Waals surface area contributed by atoms with E-state index in [-0.39, 0.29) is 19.6 Å². The van der Waals surface area contributed by atoms with E-state index in [9.17, 15) is 19.4 Å². The quantitative estimate of drug-likeness (QED) is 0.0953. The van der Waals surface area contributed by atoms with E-state index in [1.807, 2.05) is 0 Å².